The second-order valence-corrected chi connectivity index (χ2v) is 8.45. The zero-order chi connectivity index (χ0) is 26.2. The van der Waals surface area contributed by atoms with Crippen molar-refractivity contribution in [3.63, 3.8) is 0 Å². The van der Waals surface area contributed by atoms with Crippen LogP contribution in [0.3, 0.4) is 0 Å². The van der Waals surface area contributed by atoms with Crippen LogP contribution < -0.4 is 10.9 Å². The molecule has 4 aromatic rings. The van der Waals surface area contributed by atoms with E-state index >= 15 is 0 Å². The summed E-state index contributed by atoms with van der Waals surface area (Å²) in [4.78, 5) is 23.8. The average molecular weight is 560 g/mol. The van der Waals surface area contributed by atoms with Gasteiger partial charge in [-0.2, -0.15) is 10.2 Å². The van der Waals surface area contributed by atoms with Crippen LogP contribution in [0.4, 0.5) is 11.4 Å². The Morgan fingerprint density at radius 1 is 0.436 bits per heavy atom. The van der Waals surface area contributed by atoms with Gasteiger partial charge >= 0.3 is 0 Å². The topological polar surface area (TPSA) is 82.9 Å². The Hall–Kier alpha value is -4.84. The molecule has 0 aliphatic heterocycles. The van der Waals surface area contributed by atoms with Crippen LogP contribution in [0.2, 0.25) is 0 Å². The fourth-order valence-corrected chi connectivity index (χ4v) is 3.97. The summed E-state index contributed by atoms with van der Waals surface area (Å²) in [7, 11) is 0. The van der Waals surface area contributed by atoms with Gasteiger partial charge in [0, 0.05) is 28.2 Å². The maximum atomic E-state index is 11.9. The molecule has 4 aromatic carbocycles. The molecule has 0 spiro atoms. The molecule has 0 atom stereocenters. The largest absolute Gasteiger partial charge is 0.287 e. The van der Waals surface area contributed by atoms with Crippen LogP contribution in [-0.2, 0) is 26.7 Å². The van der Waals surface area contributed by atoms with E-state index in [1.165, 1.54) is 0 Å². The molecule has 195 valence electrons. The van der Waals surface area contributed by atoms with Crippen molar-refractivity contribution < 1.29 is 26.7 Å². The second kappa shape index (κ2) is 13.1. The minimum Gasteiger partial charge on any atom is -0.287 e. The van der Waals surface area contributed by atoms with Crippen molar-refractivity contribution in [2.75, 3.05) is 10.9 Å². The zero-order valence-electron chi connectivity index (χ0n) is 20.7. The molecule has 2 N–H and O–H groups in total. The molecule has 6 nitrogen and oxygen atoms in total. The zero-order valence-corrected chi connectivity index (χ0v) is 21.7. The van der Waals surface area contributed by atoms with Crippen LogP contribution in [-0.4, -0.2) is 23.0 Å². The smallest absolute Gasteiger partial charge is 0.206 e. The minimum atomic E-state index is -0.0814. The third-order valence-corrected chi connectivity index (χ3v) is 5.87. The minimum absolute atomic E-state index is 0. The SMILES string of the molecule is O=C1C=Cc2ccccc2C1=NNc1ccccc1.O=C1C=Cc2ccccc2C1=NNc1ccccc1.[Cu]. The molecule has 0 heterocycles. The molecule has 0 bridgehead atoms. The van der Waals surface area contributed by atoms with Crippen LogP contribution in [0.15, 0.2) is 132 Å². The van der Waals surface area contributed by atoms with Gasteiger partial charge in [0.15, 0.2) is 0 Å². The van der Waals surface area contributed by atoms with Crippen molar-refractivity contribution in [2.24, 2.45) is 10.2 Å². The Kier molecular flexibility index (Phi) is 9.14. The number of hydrogen-bond acceptors (Lipinski definition) is 6. The molecule has 6 rings (SSSR count). The van der Waals surface area contributed by atoms with Gasteiger partial charge in [-0.3, -0.25) is 20.4 Å². The molecule has 0 fully saturated rings. The summed E-state index contributed by atoms with van der Waals surface area (Å²) in [5.74, 6) is -0.163. The number of para-hydroxylation sites is 2. The van der Waals surface area contributed by atoms with Gasteiger partial charge in [-0.25, -0.2) is 0 Å². The van der Waals surface area contributed by atoms with Crippen molar-refractivity contribution in [3.05, 3.63) is 144 Å². The molecule has 39 heavy (non-hydrogen) atoms. The first-order valence-corrected chi connectivity index (χ1v) is 12.1. The van der Waals surface area contributed by atoms with E-state index in [1.54, 1.807) is 12.2 Å². The van der Waals surface area contributed by atoms with Crippen molar-refractivity contribution in [1.29, 1.82) is 0 Å². The van der Waals surface area contributed by atoms with Crippen LogP contribution >= 0.6 is 0 Å². The van der Waals surface area contributed by atoms with Gasteiger partial charge in [0.2, 0.25) is 11.6 Å². The molecule has 0 aromatic heterocycles. The monoisotopic (exact) mass is 559 g/mol. The number of fused-ring (bicyclic) bond motifs is 2. The number of nitrogens with one attached hydrogen (secondary N) is 2. The van der Waals surface area contributed by atoms with Crippen molar-refractivity contribution in [1.82, 2.24) is 0 Å². The van der Waals surface area contributed by atoms with E-state index in [2.05, 4.69) is 21.1 Å². The Balaban J connectivity index is 0.000000176. The summed E-state index contributed by atoms with van der Waals surface area (Å²) >= 11 is 0. The predicted octanol–water partition coefficient (Wildman–Crippen LogP) is 6.19. The fourth-order valence-electron chi connectivity index (χ4n) is 3.97. The summed E-state index contributed by atoms with van der Waals surface area (Å²) in [6.07, 6.45) is 6.74. The van der Waals surface area contributed by atoms with E-state index in [9.17, 15) is 9.59 Å². The number of rotatable bonds is 4. The summed E-state index contributed by atoms with van der Waals surface area (Å²) in [5, 5.41) is 8.48. The molecular formula is C32H24CuN4O2. The van der Waals surface area contributed by atoms with Gasteiger partial charge in [0.25, 0.3) is 0 Å². The summed E-state index contributed by atoms with van der Waals surface area (Å²) in [6, 6.07) is 34.6. The Morgan fingerprint density at radius 3 is 1.21 bits per heavy atom. The molecule has 0 saturated carbocycles. The van der Waals surface area contributed by atoms with E-state index in [0.717, 1.165) is 33.6 Å². The van der Waals surface area contributed by atoms with Gasteiger partial charge in [-0.05, 0) is 47.5 Å². The van der Waals surface area contributed by atoms with Gasteiger partial charge in [-0.1, -0.05) is 97.1 Å². The van der Waals surface area contributed by atoms with Crippen molar-refractivity contribution in [2.45, 2.75) is 0 Å². The number of allylic oxidation sites excluding steroid dienone is 2. The second-order valence-electron chi connectivity index (χ2n) is 8.45. The van der Waals surface area contributed by atoms with E-state index in [-0.39, 0.29) is 28.6 Å². The standard InChI is InChI=1S/2C16H12N2O.Cu/c2*19-15-11-10-12-6-4-5-9-14(12)16(15)18-17-13-7-2-1-3-8-13;/h2*1-11,17H;. The number of hydrogen-bond donors (Lipinski definition) is 2. The number of carbonyl (C=O) groups excluding carboxylic acids is 2. The predicted molar refractivity (Wildman–Crippen MR) is 154 cm³/mol. The number of carbonyl (C=O) groups is 2. The first kappa shape index (κ1) is 27.2. The Bertz CT molecular complexity index is 1470. The summed E-state index contributed by atoms with van der Waals surface area (Å²) < 4.78 is 0. The average Bonchev–Trinajstić information content (AvgIpc) is 2.97. The first-order valence-electron chi connectivity index (χ1n) is 12.1. The summed E-state index contributed by atoms with van der Waals surface area (Å²) in [5.41, 5.74) is 12.2. The van der Waals surface area contributed by atoms with Crippen molar-refractivity contribution >= 4 is 46.5 Å². The maximum absolute atomic E-state index is 11.9. The van der Waals surface area contributed by atoms with Crippen LogP contribution in [0.25, 0.3) is 12.2 Å². The number of benzene rings is 4. The first-order chi connectivity index (χ1) is 18.7. The van der Waals surface area contributed by atoms with Crippen molar-refractivity contribution in [3.8, 4) is 0 Å². The van der Waals surface area contributed by atoms with Gasteiger partial charge in [0.1, 0.15) is 11.4 Å². The molecule has 0 amide bonds. The molecule has 0 saturated heterocycles. The number of ketones is 2. The third kappa shape index (κ3) is 6.73. The molecular weight excluding hydrogens is 536 g/mol. The number of anilines is 2. The Labute approximate surface area is 237 Å². The number of nitrogens with zero attached hydrogens (tertiary/aromatic N) is 2. The summed E-state index contributed by atoms with van der Waals surface area (Å²) in [6.45, 7) is 0. The molecule has 2 aliphatic rings. The fraction of sp³-hybridized carbons (Fsp3) is 0. The van der Waals surface area contributed by atoms with Crippen LogP contribution in [0.5, 0.6) is 0 Å². The quantitative estimate of drug-likeness (QED) is 0.230. The van der Waals surface area contributed by atoms with E-state index < -0.39 is 0 Å². The van der Waals surface area contributed by atoms with Gasteiger partial charge in [0.05, 0.1) is 11.4 Å². The normalized spacial score (nSPS) is 15.0. The Morgan fingerprint density at radius 2 is 0.795 bits per heavy atom. The van der Waals surface area contributed by atoms with Crippen LogP contribution in [0.1, 0.15) is 22.3 Å². The van der Waals surface area contributed by atoms with Gasteiger partial charge < -0.3 is 0 Å². The molecule has 1 radical (unpaired) electrons. The molecule has 7 heteroatoms. The molecule has 2 aliphatic carbocycles. The molecule has 0 unspecified atom stereocenters. The number of hydrazone groups is 2. The van der Waals surface area contributed by atoms with E-state index in [1.807, 2.05) is 121 Å². The van der Waals surface area contributed by atoms with Crippen LogP contribution in [0, 0.1) is 0 Å². The van der Waals surface area contributed by atoms with E-state index in [4.69, 9.17) is 0 Å². The van der Waals surface area contributed by atoms with E-state index in [0.29, 0.717) is 11.4 Å². The maximum Gasteiger partial charge on any atom is 0.206 e. The van der Waals surface area contributed by atoms with Gasteiger partial charge in [-0.15, -0.1) is 0 Å². The third-order valence-electron chi connectivity index (χ3n) is 5.87.